The number of methoxy groups -OCH3 is 2. The number of thiazole rings is 1. The molecule has 8 heteroatoms. The Morgan fingerprint density at radius 3 is 2.44 bits per heavy atom. The first-order valence-corrected chi connectivity index (χ1v) is 11.5. The van der Waals surface area contributed by atoms with E-state index in [2.05, 4.69) is 4.74 Å². The Labute approximate surface area is 201 Å². The van der Waals surface area contributed by atoms with Gasteiger partial charge in [-0.3, -0.25) is 9.69 Å². The number of esters is 1. The van der Waals surface area contributed by atoms with Gasteiger partial charge in [-0.25, -0.2) is 9.78 Å². The second kappa shape index (κ2) is 10.8. The Morgan fingerprint density at radius 1 is 0.941 bits per heavy atom. The van der Waals surface area contributed by atoms with Crippen LogP contribution in [0.2, 0.25) is 0 Å². The number of benzene rings is 3. The number of ether oxygens (including phenoxy) is 3. The molecule has 34 heavy (non-hydrogen) atoms. The molecule has 7 nitrogen and oxygen atoms in total. The first-order chi connectivity index (χ1) is 16.6. The van der Waals surface area contributed by atoms with Gasteiger partial charge in [0.2, 0.25) is 0 Å². The van der Waals surface area contributed by atoms with E-state index in [0.717, 1.165) is 15.8 Å². The molecular formula is C26H24N2O5S. The standard InChI is InChI=1S/C26H24N2O5S/c1-31-21-13-12-19(16-22(21)33-17-24(29)32-2)25(30)28(15-14-18-8-4-3-5-9-18)26-27-20-10-6-7-11-23(20)34-26/h3-13,16H,14-15,17H2,1-2H3. The second-order valence-electron chi connectivity index (χ2n) is 7.39. The topological polar surface area (TPSA) is 78.0 Å². The monoisotopic (exact) mass is 476 g/mol. The van der Waals surface area contributed by atoms with Crippen LogP contribution < -0.4 is 14.4 Å². The van der Waals surface area contributed by atoms with Crippen molar-refractivity contribution in [2.24, 2.45) is 0 Å². The molecule has 0 saturated heterocycles. The maximum atomic E-state index is 13.7. The molecule has 0 bridgehead atoms. The van der Waals surface area contributed by atoms with Crippen molar-refractivity contribution in [1.29, 1.82) is 0 Å². The van der Waals surface area contributed by atoms with E-state index in [9.17, 15) is 9.59 Å². The summed E-state index contributed by atoms with van der Waals surface area (Å²) in [7, 11) is 2.78. The lowest BCUT2D eigenvalue weighted by Gasteiger charge is -2.21. The number of hydrogen-bond acceptors (Lipinski definition) is 7. The van der Waals surface area contributed by atoms with E-state index < -0.39 is 5.97 Å². The summed E-state index contributed by atoms with van der Waals surface area (Å²) >= 11 is 1.47. The number of nitrogens with zero attached hydrogens (tertiary/aromatic N) is 2. The predicted molar refractivity (Wildman–Crippen MR) is 132 cm³/mol. The van der Waals surface area contributed by atoms with Crippen LogP contribution in [0.25, 0.3) is 10.2 Å². The van der Waals surface area contributed by atoms with Crippen LogP contribution in [0.15, 0.2) is 72.8 Å². The summed E-state index contributed by atoms with van der Waals surface area (Å²) in [5.74, 6) is -0.0550. The molecule has 0 aliphatic carbocycles. The molecule has 0 atom stereocenters. The van der Waals surface area contributed by atoms with Crippen LogP contribution in [0, 0.1) is 0 Å². The summed E-state index contributed by atoms with van der Waals surface area (Å²) in [5.41, 5.74) is 2.36. The summed E-state index contributed by atoms with van der Waals surface area (Å²) < 4.78 is 16.5. The molecule has 0 N–H and O–H groups in total. The van der Waals surface area contributed by atoms with E-state index in [1.165, 1.54) is 25.6 Å². The highest BCUT2D eigenvalue weighted by Crippen LogP contribution is 2.32. The average molecular weight is 477 g/mol. The quantitative estimate of drug-likeness (QED) is 0.325. The van der Waals surface area contributed by atoms with Gasteiger partial charge in [0.1, 0.15) is 0 Å². The number of hydrogen-bond donors (Lipinski definition) is 0. The fourth-order valence-corrected chi connectivity index (χ4v) is 4.41. The van der Waals surface area contributed by atoms with E-state index in [4.69, 9.17) is 14.5 Å². The molecule has 0 fully saturated rings. The Bertz CT molecular complexity index is 1260. The zero-order chi connectivity index (χ0) is 23.9. The van der Waals surface area contributed by atoms with Crippen LogP contribution in [0.1, 0.15) is 15.9 Å². The van der Waals surface area contributed by atoms with Gasteiger partial charge in [0.25, 0.3) is 5.91 Å². The minimum atomic E-state index is -0.530. The molecule has 0 unspecified atom stereocenters. The van der Waals surface area contributed by atoms with Crippen LogP contribution in [0.5, 0.6) is 11.5 Å². The van der Waals surface area contributed by atoms with Crippen molar-refractivity contribution >= 4 is 38.6 Å². The molecule has 1 amide bonds. The highest BCUT2D eigenvalue weighted by Gasteiger charge is 2.23. The fraction of sp³-hybridized carbons (Fsp3) is 0.192. The van der Waals surface area contributed by atoms with E-state index >= 15 is 0 Å². The fourth-order valence-electron chi connectivity index (χ4n) is 3.42. The lowest BCUT2D eigenvalue weighted by atomic mass is 10.1. The van der Waals surface area contributed by atoms with Crippen LogP contribution in [-0.4, -0.2) is 44.2 Å². The van der Waals surface area contributed by atoms with Crippen LogP contribution in [-0.2, 0) is 16.0 Å². The first kappa shape index (κ1) is 23.3. The van der Waals surface area contributed by atoms with E-state index in [0.29, 0.717) is 29.4 Å². The number of carbonyl (C=O) groups is 2. The molecule has 3 aromatic carbocycles. The van der Waals surface area contributed by atoms with Crippen molar-refractivity contribution in [3.05, 3.63) is 83.9 Å². The lowest BCUT2D eigenvalue weighted by molar-refractivity contribution is -0.142. The van der Waals surface area contributed by atoms with E-state index in [1.54, 1.807) is 23.1 Å². The maximum absolute atomic E-state index is 13.7. The lowest BCUT2D eigenvalue weighted by Crippen LogP contribution is -2.33. The first-order valence-electron chi connectivity index (χ1n) is 10.7. The van der Waals surface area contributed by atoms with Crippen LogP contribution in [0.4, 0.5) is 5.13 Å². The van der Waals surface area contributed by atoms with Crippen molar-refractivity contribution in [3.8, 4) is 11.5 Å². The molecule has 4 rings (SSSR count). The van der Waals surface area contributed by atoms with Crippen molar-refractivity contribution in [3.63, 3.8) is 0 Å². The highest BCUT2D eigenvalue weighted by atomic mass is 32.1. The number of carbonyl (C=O) groups excluding carboxylic acids is 2. The van der Waals surface area contributed by atoms with Crippen molar-refractivity contribution in [1.82, 2.24) is 4.98 Å². The third-order valence-corrected chi connectivity index (χ3v) is 6.27. The van der Waals surface area contributed by atoms with Gasteiger partial charge in [-0.1, -0.05) is 53.8 Å². The second-order valence-corrected chi connectivity index (χ2v) is 8.40. The summed E-state index contributed by atoms with van der Waals surface area (Å²) in [6, 6.07) is 22.7. The Balaban J connectivity index is 1.66. The Morgan fingerprint density at radius 2 is 1.71 bits per heavy atom. The average Bonchev–Trinajstić information content (AvgIpc) is 3.31. The zero-order valence-electron chi connectivity index (χ0n) is 18.9. The van der Waals surface area contributed by atoms with Crippen LogP contribution in [0.3, 0.4) is 0 Å². The van der Waals surface area contributed by atoms with Gasteiger partial charge >= 0.3 is 5.97 Å². The molecule has 0 spiro atoms. The molecule has 0 aliphatic rings. The molecule has 4 aromatic rings. The molecule has 174 valence electrons. The molecule has 0 aliphatic heterocycles. The minimum absolute atomic E-state index is 0.222. The Hall–Kier alpha value is -3.91. The normalized spacial score (nSPS) is 10.6. The van der Waals surface area contributed by atoms with Gasteiger partial charge < -0.3 is 14.2 Å². The third kappa shape index (κ3) is 5.35. The summed E-state index contributed by atoms with van der Waals surface area (Å²) in [5, 5.41) is 0.620. The number of aromatic nitrogens is 1. The Kier molecular flexibility index (Phi) is 7.39. The van der Waals surface area contributed by atoms with Crippen molar-refractivity contribution in [2.75, 3.05) is 32.3 Å². The summed E-state index contributed by atoms with van der Waals surface area (Å²) in [6.45, 7) is 0.160. The van der Waals surface area contributed by atoms with Gasteiger partial charge in [-0.05, 0) is 42.3 Å². The number of rotatable bonds is 9. The summed E-state index contributed by atoms with van der Waals surface area (Å²) in [6.07, 6.45) is 0.671. The largest absolute Gasteiger partial charge is 0.493 e. The van der Waals surface area contributed by atoms with Gasteiger partial charge in [0, 0.05) is 12.1 Å². The maximum Gasteiger partial charge on any atom is 0.343 e. The molecular weight excluding hydrogens is 452 g/mol. The van der Waals surface area contributed by atoms with Gasteiger partial charge in [-0.2, -0.15) is 0 Å². The van der Waals surface area contributed by atoms with E-state index in [-0.39, 0.29) is 18.3 Å². The van der Waals surface area contributed by atoms with Crippen molar-refractivity contribution < 1.29 is 23.8 Å². The van der Waals surface area contributed by atoms with Gasteiger partial charge in [0.05, 0.1) is 24.4 Å². The van der Waals surface area contributed by atoms with Crippen LogP contribution >= 0.6 is 11.3 Å². The third-order valence-electron chi connectivity index (χ3n) is 5.21. The molecule has 0 radical (unpaired) electrons. The number of amides is 1. The number of para-hydroxylation sites is 1. The number of fused-ring (bicyclic) bond motifs is 1. The molecule has 1 aromatic heterocycles. The highest BCUT2D eigenvalue weighted by molar-refractivity contribution is 7.22. The summed E-state index contributed by atoms with van der Waals surface area (Å²) in [4.78, 5) is 31.6. The SMILES string of the molecule is COC(=O)COc1cc(C(=O)N(CCc2ccccc2)c2nc3ccccc3s2)ccc1OC. The number of anilines is 1. The zero-order valence-corrected chi connectivity index (χ0v) is 19.7. The van der Waals surface area contributed by atoms with Crippen molar-refractivity contribution in [2.45, 2.75) is 6.42 Å². The molecule has 1 heterocycles. The van der Waals surface area contributed by atoms with Gasteiger partial charge in [0.15, 0.2) is 23.2 Å². The molecule has 0 saturated carbocycles. The van der Waals surface area contributed by atoms with Gasteiger partial charge in [-0.15, -0.1) is 0 Å². The predicted octanol–water partition coefficient (Wildman–Crippen LogP) is 4.75. The smallest absolute Gasteiger partial charge is 0.343 e. The van der Waals surface area contributed by atoms with E-state index in [1.807, 2.05) is 54.6 Å². The minimum Gasteiger partial charge on any atom is -0.493 e.